The molecule has 0 bridgehead atoms. The second-order valence-corrected chi connectivity index (χ2v) is 4.49. The highest BCUT2D eigenvalue weighted by molar-refractivity contribution is 8.02. The average molecular weight is 116 g/mol. The minimum atomic E-state index is 0.597. The summed E-state index contributed by atoms with van der Waals surface area (Å²) in [4.78, 5) is 0. The van der Waals surface area contributed by atoms with Gasteiger partial charge in [0.05, 0.1) is 0 Å². The van der Waals surface area contributed by atoms with E-state index in [4.69, 9.17) is 0 Å². The fourth-order valence-electron chi connectivity index (χ4n) is 0.583. The molecule has 0 aromatic heterocycles. The minimum Gasteiger partial charge on any atom is -0.155 e. The Hall–Kier alpha value is 0.350. The van der Waals surface area contributed by atoms with Crippen LogP contribution in [0, 0.1) is 5.92 Å². The van der Waals surface area contributed by atoms with Gasteiger partial charge in [-0.2, -0.15) is 11.8 Å². The molecule has 1 unspecified atom stereocenters. The van der Waals surface area contributed by atoms with Gasteiger partial charge in [-0.15, -0.1) is 0 Å². The van der Waals surface area contributed by atoms with Gasteiger partial charge in [0.25, 0.3) is 0 Å². The van der Waals surface area contributed by atoms with Gasteiger partial charge in [-0.3, -0.25) is 0 Å². The molecule has 0 aliphatic carbocycles. The zero-order valence-electron chi connectivity index (χ0n) is 5.19. The summed E-state index contributed by atoms with van der Waals surface area (Å²) in [5, 5.41) is 0. The molecule has 0 amide bonds. The van der Waals surface area contributed by atoms with Crippen molar-refractivity contribution in [2.75, 3.05) is 5.75 Å². The SMILES string of the molecule is CC1CSC1(C)C. The van der Waals surface area contributed by atoms with E-state index in [1.165, 1.54) is 5.75 Å². The Bertz CT molecular complexity index is 76.2. The van der Waals surface area contributed by atoms with Crippen molar-refractivity contribution >= 4 is 11.8 Å². The van der Waals surface area contributed by atoms with Crippen LogP contribution in [0.2, 0.25) is 0 Å². The third-order valence-corrected chi connectivity index (χ3v) is 3.71. The molecule has 42 valence electrons. The smallest absolute Gasteiger partial charge is 0.0137 e. The minimum absolute atomic E-state index is 0.597. The van der Waals surface area contributed by atoms with E-state index >= 15 is 0 Å². The summed E-state index contributed by atoms with van der Waals surface area (Å²) in [6.07, 6.45) is 0. The zero-order chi connectivity index (χ0) is 5.49. The Morgan fingerprint density at radius 3 is 2.00 bits per heavy atom. The largest absolute Gasteiger partial charge is 0.155 e. The number of rotatable bonds is 0. The van der Waals surface area contributed by atoms with Gasteiger partial charge in [-0.05, 0) is 11.7 Å². The van der Waals surface area contributed by atoms with Crippen LogP contribution in [0.5, 0.6) is 0 Å². The molecule has 1 aliphatic heterocycles. The molecule has 1 aliphatic rings. The van der Waals surface area contributed by atoms with Crippen LogP contribution in [-0.4, -0.2) is 10.5 Å². The van der Waals surface area contributed by atoms with E-state index in [-0.39, 0.29) is 0 Å². The van der Waals surface area contributed by atoms with E-state index in [0.717, 1.165) is 5.92 Å². The van der Waals surface area contributed by atoms with Crippen molar-refractivity contribution in [3.8, 4) is 0 Å². The fourth-order valence-corrected chi connectivity index (χ4v) is 1.75. The predicted octanol–water partition coefficient (Wildman–Crippen LogP) is 2.15. The van der Waals surface area contributed by atoms with Crippen molar-refractivity contribution in [2.45, 2.75) is 25.5 Å². The van der Waals surface area contributed by atoms with Crippen molar-refractivity contribution in [3.63, 3.8) is 0 Å². The van der Waals surface area contributed by atoms with Gasteiger partial charge in [0.1, 0.15) is 0 Å². The lowest BCUT2D eigenvalue weighted by molar-refractivity contribution is 0.470. The van der Waals surface area contributed by atoms with Crippen LogP contribution < -0.4 is 0 Å². The first-order valence-electron chi connectivity index (χ1n) is 2.77. The molecular formula is C6H12S. The Labute approximate surface area is 49.7 Å². The Morgan fingerprint density at radius 2 is 2.00 bits per heavy atom. The molecule has 0 nitrogen and oxygen atoms in total. The highest BCUT2D eigenvalue weighted by Gasteiger charge is 2.35. The Balaban J connectivity index is 2.43. The van der Waals surface area contributed by atoms with E-state index in [1.54, 1.807) is 0 Å². The number of hydrogen-bond acceptors (Lipinski definition) is 1. The molecule has 7 heavy (non-hydrogen) atoms. The highest BCUT2D eigenvalue weighted by atomic mass is 32.2. The summed E-state index contributed by atoms with van der Waals surface area (Å²) < 4.78 is 0.597. The van der Waals surface area contributed by atoms with E-state index < -0.39 is 0 Å². The highest BCUT2D eigenvalue weighted by Crippen LogP contribution is 2.44. The summed E-state index contributed by atoms with van der Waals surface area (Å²) in [5.74, 6) is 2.31. The van der Waals surface area contributed by atoms with Crippen LogP contribution in [0.4, 0.5) is 0 Å². The number of thioether (sulfide) groups is 1. The molecule has 0 aromatic rings. The third kappa shape index (κ3) is 0.788. The maximum atomic E-state index is 2.32. The molecule has 0 aromatic carbocycles. The van der Waals surface area contributed by atoms with Gasteiger partial charge < -0.3 is 0 Å². The lowest BCUT2D eigenvalue weighted by Crippen LogP contribution is -2.37. The molecule has 0 spiro atoms. The van der Waals surface area contributed by atoms with Crippen molar-refractivity contribution in [1.82, 2.24) is 0 Å². The van der Waals surface area contributed by atoms with Crippen LogP contribution in [0.1, 0.15) is 20.8 Å². The molecular weight excluding hydrogens is 104 g/mol. The summed E-state index contributed by atoms with van der Waals surface area (Å²) in [5.41, 5.74) is 0. The summed E-state index contributed by atoms with van der Waals surface area (Å²) in [6.45, 7) is 6.94. The van der Waals surface area contributed by atoms with Crippen LogP contribution in [0.15, 0.2) is 0 Å². The topological polar surface area (TPSA) is 0 Å². The summed E-state index contributed by atoms with van der Waals surface area (Å²) in [6, 6.07) is 0. The van der Waals surface area contributed by atoms with Gasteiger partial charge in [0.2, 0.25) is 0 Å². The average Bonchev–Trinajstić information content (AvgIpc) is 1.63. The van der Waals surface area contributed by atoms with Crippen molar-refractivity contribution < 1.29 is 0 Å². The zero-order valence-corrected chi connectivity index (χ0v) is 6.01. The van der Waals surface area contributed by atoms with E-state index in [0.29, 0.717) is 4.75 Å². The molecule has 0 saturated carbocycles. The van der Waals surface area contributed by atoms with Gasteiger partial charge >= 0.3 is 0 Å². The first-order chi connectivity index (χ1) is 3.13. The lowest BCUT2D eigenvalue weighted by Gasteiger charge is -2.41. The number of hydrogen-bond donors (Lipinski definition) is 0. The molecule has 1 fully saturated rings. The van der Waals surface area contributed by atoms with Gasteiger partial charge in [0, 0.05) is 4.75 Å². The molecule has 1 saturated heterocycles. The first kappa shape index (κ1) is 5.49. The first-order valence-corrected chi connectivity index (χ1v) is 3.75. The van der Waals surface area contributed by atoms with E-state index in [9.17, 15) is 0 Å². The lowest BCUT2D eigenvalue weighted by atomic mass is 9.98. The summed E-state index contributed by atoms with van der Waals surface area (Å²) >= 11 is 2.07. The van der Waals surface area contributed by atoms with Crippen molar-refractivity contribution in [2.24, 2.45) is 5.92 Å². The molecule has 1 atom stereocenters. The van der Waals surface area contributed by atoms with E-state index in [2.05, 4.69) is 32.5 Å². The Morgan fingerprint density at radius 1 is 1.57 bits per heavy atom. The van der Waals surface area contributed by atoms with Gasteiger partial charge in [-0.25, -0.2) is 0 Å². The fraction of sp³-hybridized carbons (Fsp3) is 1.00. The maximum Gasteiger partial charge on any atom is 0.0137 e. The van der Waals surface area contributed by atoms with Crippen LogP contribution in [0.25, 0.3) is 0 Å². The Kier molecular flexibility index (Phi) is 1.11. The van der Waals surface area contributed by atoms with Crippen molar-refractivity contribution in [3.05, 3.63) is 0 Å². The molecule has 1 heterocycles. The molecule has 1 heteroatoms. The summed E-state index contributed by atoms with van der Waals surface area (Å²) in [7, 11) is 0. The quantitative estimate of drug-likeness (QED) is 0.467. The van der Waals surface area contributed by atoms with E-state index in [1.807, 2.05) is 0 Å². The molecule has 1 rings (SSSR count). The van der Waals surface area contributed by atoms with Gasteiger partial charge in [0.15, 0.2) is 0 Å². The van der Waals surface area contributed by atoms with Gasteiger partial charge in [-0.1, -0.05) is 20.8 Å². The van der Waals surface area contributed by atoms with Crippen molar-refractivity contribution in [1.29, 1.82) is 0 Å². The van der Waals surface area contributed by atoms with Crippen LogP contribution in [-0.2, 0) is 0 Å². The van der Waals surface area contributed by atoms with Crippen LogP contribution >= 0.6 is 11.8 Å². The maximum absolute atomic E-state index is 2.32. The second-order valence-electron chi connectivity index (χ2n) is 2.82. The van der Waals surface area contributed by atoms with Crippen LogP contribution in [0.3, 0.4) is 0 Å². The predicted molar refractivity (Wildman–Crippen MR) is 35.7 cm³/mol. The third-order valence-electron chi connectivity index (χ3n) is 1.89. The second kappa shape index (κ2) is 1.41. The monoisotopic (exact) mass is 116 g/mol. The standard InChI is InChI=1S/C6H12S/c1-5-4-7-6(5,2)3/h5H,4H2,1-3H3. The molecule has 0 radical (unpaired) electrons. The molecule has 0 N–H and O–H groups in total. The normalized spacial score (nSPS) is 37.3.